The quantitative estimate of drug-likeness (QED) is 0.455. The van der Waals surface area contributed by atoms with Crippen molar-refractivity contribution >= 4 is 12.1 Å². The van der Waals surface area contributed by atoms with Crippen LogP contribution >= 0.6 is 0 Å². The molecule has 8 heavy (non-hydrogen) atoms. The van der Waals surface area contributed by atoms with E-state index in [1.165, 1.54) is 0 Å². The molecule has 0 spiro atoms. The van der Waals surface area contributed by atoms with Crippen molar-refractivity contribution in [3.05, 3.63) is 11.6 Å². The van der Waals surface area contributed by atoms with Crippen molar-refractivity contribution in [3.63, 3.8) is 0 Å². The summed E-state index contributed by atoms with van der Waals surface area (Å²) in [5.74, 6) is -0.101. The van der Waals surface area contributed by atoms with Gasteiger partial charge >= 0.3 is 0 Å². The molecule has 1 rings (SSSR count). The van der Waals surface area contributed by atoms with E-state index in [1.807, 2.05) is 6.08 Å². The molecule has 0 bridgehead atoms. The van der Waals surface area contributed by atoms with Gasteiger partial charge < -0.3 is 0 Å². The molecule has 42 valence electrons. The van der Waals surface area contributed by atoms with Gasteiger partial charge in [-0.3, -0.25) is 4.79 Å². The molecular weight excluding hydrogens is 102 g/mol. The molecule has 0 aromatic heterocycles. The highest BCUT2D eigenvalue weighted by atomic mass is 16.1. The van der Waals surface area contributed by atoms with E-state index in [4.69, 9.17) is 0 Å². The summed E-state index contributed by atoms with van der Waals surface area (Å²) >= 11 is 0. The van der Waals surface area contributed by atoms with Crippen molar-refractivity contribution in [1.29, 1.82) is 0 Å². The summed E-state index contributed by atoms with van der Waals surface area (Å²) in [5, 5.41) is 0. The monoisotopic (exact) mass is 109 g/mol. The number of aliphatic imine (C=N–C) groups is 1. The van der Waals surface area contributed by atoms with Gasteiger partial charge in [-0.25, -0.2) is 4.99 Å². The summed E-state index contributed by atoms with van der Waals surface area (Å²) in [6.45, 7) is 1.78. The molecule has 2 nitrogen and oxygen atoms in total. The van der Waals surface area contributed by atoms with Gasteiger partial charge in [-0.1, -0.05) is 6.08 Å². The molecule has 1 heterocycles. The molecule has 0 saturated carbocycles. The fourth-order valence-corrected chi connectivity index (χ4v) is 0.554. The van der Waals surface area contributed by atoms with Crippen LogP contribution in [-0.2, 0) is 4.79 Å². The van der Waals surface area contributed by atoms with Crippen LogP contribution in [0.3, 0.4) is 0 Å². The maximum absolute atomic E-state index is 10.5. The third-order valence-corrected chi connectivity index (χ3v) is 1.08. The average Bonchev–Trinajstić information content (AvgIpc) is 1.77. The molecule has 0 saturated heterocycles. The van der Waals surface area contributed by atoms with Gasteiger partial charge in [0.2, 0.25) is 0 Å². The minimum Gasteiger partial charge on any atom is -0.267 e. The molecule has 0 aromatic carbocycles. The third-order valence-electron chi connectivity index (χ3n) is 1.08. The summed E-state index contributed by atoms with van der Waals surface area (Å²) in [6.07, 6.45) is 4.29. The largest absolute Gasteiger partial charge is 0.271 e. The Bertz CT molecular complexity index is 167. The smallest absolute Gasteiger partial charge is 0.267 e. The number of dihydropyridines is 1. The number of hydrogen-bond acceptors (Lipinski definition) is 1. The summed E-state index contributed by atoms with van der Waals surface area (Å²) in [4.78, 5) is 14.1. The van der Waals surface area contributed by atoms with E-state index >= 15 is 0 Å². The normalized spacial score (nSPS) is 18.6. The topological polar surface area (TPSA) is 29.4 Å². The van der Waals surface area contributed by atoms with E-state index in [1.54, 1.807) is 13.1 Å². The second kappa shape index (κ2) is 1.90. The summed E-state index contributed by atoms with van der Waals surface area (Å²) in [7, 11) is 0. The van der Waals surface area contributed by atoms with Crippen LogP contribution in [0.4, 0.5) is 0 Å². The number of nitrogens with zero attached hydrogens (tertiary/aromatic N) is 1. The Labute approximate surface area is 47.9 Å². The first-order valence-corrected chi connectivity index (χ1v) is 2.54. The Hall–Kier alpha value is -0.920. The van der Waals surface area contributed by atoms with Crippen LogP contribution in [0.25, 0.3) is 0 Å². The highest BCUT2D eigenvalue weighted by molar-refractivity contribution is 6.00. The molecule has 0 fully saturated rings. The molecule has 0 aromatic rings. The fourth-order valence-electron chi connectivity index (χ4n) is 0.554. The zero-order valence-electron chi connectivity index (χ0n) is 4.72. The van der Waals surface area contributed by atoms with Crippen molar-refractivity contribution in [2.24, 2.45) is 4.99 Å². The first-order valence-electron chi connectivity index (χ1n) is 2.54. The number of amides is 1. The zero-order chi connectivity index (χ0) is 5.98. The Morgan fingerprint density at radius 3 is 2.88 bits per heavy atom. The van der Waals surface area contributed by atoms with Crippen molar-refractivity contribution in [2.75, 3.05) is 0 Å². The zero-order valence-corrected chi connectivity index (χ0v) is 4.72. The Kier molecular flexibility index (Phi) is 1.24. The van der Waals surface area contributed by atoms with Gasteiger partial charge in [-0.05, 0) is 6.92 Å². The molecular formula is C6H7NO. The van der Waals surface area contributed by atoms with Crippen molar-refractivity contribution in [2.45, 2.75) is 13.3 Å². The van der Waals surface area contributed by atoms with Crippen molar-refractivity contribution in [3.8, 4) is 0 Å². The molecule has 1 aliphatic rings. The lowest BCUT2D eigenvalue weighted by atomic mass is 10.2. The minimum atomic E-state index is -0.101. The van der Waals surface area contributed by atoms with Gasteiger partial charge in [0.25, 0.3) is 5.91 Å². The molecule has 1 amide bonds. The number of rotatable bonds is 0. The fraction of sp³-hybridized carbons (Fsp3) is 0.333. The van der Waals surface area contributed by atoms with Crippen LogP contribution in [-0.4, -0.2) is 12.1 Å². The van der Waals surface area contributed by atoms with Gasteiger partial charge in [-0.15, -0.1) is 0 Å². The van der Waals surface area contributed by atoms with Crippen LogP contribution in [0.5, 0.6) is 0 Å². The van der Waals surface area contributed by atoms with Gasteiger partial charge in [0, 0.05) is 18.2 Å². The number of carbonyl (C=O) groups is 1. The van der Waals surface area contributed by atoms with Crippen LogP contribution < -0.4 is 0 Å². The maximum Gasteiger partial charge on any atom is 0.271 e. The third kappa shape index (κ3) is 0.832. The van der Waals surface area contributed by atoms with E-state index < -0.39 is 0 Å². The highest BCUT2D eigenvalue weighted by Crippen LogP contribution is 2.01. The van der Waals surface area contributed by atoms with E-state index in [0.717, 1.165) is 12.0 Å². The first-order chi connectivity index (χ1) is 3.80. The van der Waals surface area contributed by atoms with Gasteiger partial charge in [0.05, 0.1) is 0 Å². The van der Waals surface area contributed by atoms with Gasteiger partial charge in [0.15, 0.2) is 0 Å². The van der Waals surface area contributed by atoms with Crippen LogP contribution in [0.1, 0.15) is 13.3 Å². The van der Waals surface area contributed by atoms with E-state index in [9.17, 15) is 4.79 Å². The average molecular weight is 109 g/mol. The maximum atomic E-state index is 10.5. The van der Waals surface area contributed by atoms with E-state index in [0.29, 0.717) is 0 Å². The molecule has 0 N–H and O–H groups in total. The Morgan fingerprint density at radius 2 is 2.50 bits per heavy atom. The lowest BCUT2D eigenvalue weighted by molar-refractivity contribution is -0.114. The molecule has 2 heteroatoms. The van der Waals surface area contributed by atoms with Crippen LogP contribution in [0.2, 0.25) is 0 Å². The molecule has 0 atom stereocenters. The summed E-state index contributed by atoms with van der Waals surface area (Å²) in [5.41, 5.74) is 0.757. The van der Waals surface area contributed by atoms with E-state index in [-0.39, 0.29) is 5.91 Å². The lowest BCUT2D eigenvalue weighted by Gasteiger charge is -1.96. The number of hydrogen-bond donors (Lipinski definition) is 0. The lowest BCUT2D eigenvalue weighted by Crippen LogP contribution is -1.99. The Balaban J connectivity index is 2.78. The predicted molar refractivity (Wildman–Crippen MR) is 31.9 cm³/mol. The number of allylic oxidation sites excluding steroid dienone is 1. The second-order valence-electron chi connectivity index (χ2n) is 1.74. The number of carbonyl (C=O) groups excluding carboxylic acids is 1. The minimum absolute atomic E-state index is 0.101. The summed E-state index contributed by atoms with van der Waals surface area (Å²) < 4.78 is 0. The molecule has 0 unspecified atom stereocenters. The van der Waals surface area contributed by atoms with Crippen molar-refractivity contribution < 1.29 is 4.79 Å². The second-order valence-corrected chi connectivity index (χ2v) is 1.74. The van der Waals surface area contributed by atoms with E-state index in [2.05, 4.69) is 4.99 Å². The molecule has 0 aliphatic carbocycles. The molecule has 0 radical (unpaired) electrons. The first kappa shape index (κ1) is 5.22. The van der Waals surface area contributed by atoms with Crippen LogP contribution in [0.15, 0.2) is 16.6 Å². The highest BCUT2D eigenvalue weighted by Gasteiger charge is 2.01. The predicted octanol–water partition coefficient (Wildman–Crippen LogP) is 0.934. The van der Waals surface area contributed by atoms with Gasteiger partial charge in [-0.2, -0.15) is 0 Å². The standard InChI is InChI=1S/C6H7NO/c1-5-3-2-4-7-6(5)8/h3-4H,2H2,1H3. The van der Waals surface area contributed by atoms with Crippen LogP contribution in [0, 0.1) is 0 Å². The summed E-state index contributed by atoms with van der Waals surface area (Å²) in [6, 6.07) is 0. The van der Waals surface area contributed by atoms with Gasteiger partial charge in [0.1, 0.15) is 0 Å². The Morgan fingerprint density at radius 1 is 1.75 bits per heavy atom. The van der Waals surface area contributed by atoms with Crippen molar-refractivity contribution in [1.82, 2.24) is 0 Å². The SMILES string of the molecule is CC1=CCC=NC1=O. The molecule has 1 aliphatic heterocycles.